The highest BCUT2D eigenvalue weighted by Gasteiger charge is 2.05. The average Bonchev–Trinajstić information content (AvgIpc) is 2.62. The van der Waals surface area contributed by atoms with Crippen molar-refractivity contribution in [2.24, 2.45) is 7.05 Å². The number of aromatic nitrogens is 2. The molecule has 2 rings (SSSR count). The van der Waals surface area contributed by atoms with Gasteiger partial charge in [0, 0.05) is 42.5 Å². The minimum Gasteiger partial charge on any atom is -0.308 e. The van der Waals surface area contributed by atoms with Crippen LogP contribution in [-0.4, -0.2) is 9.78 Å². The zero-order chi connectivity index (χ0) is 13.1. The second-order valence-electron chi connectivity index (χ2n) is 4.25. The summed E-state index contributed by atoms with van der Waals surface area (Å²) in [6.07, 6.45) is 1.96. The van der Waals surface area contributed by atoms with Crippen molar-refractivity contribution in [3.8, 4) is 0 Å². The molecule has 2 aromatic rings. The van der Waals surface area contributed by atoms with E-state index in [2.05, 4.69) is 10.4 Å². The molecular weight excluding hydrogens is 253 g/mol. The molecule has 3 nitrogen and oxygen atoms in total. The van der Waals surface area contributed by atoms with Crippen LogP contribution in [0.3, 0.4) is 0 Å². The van der Waals surface area contributed by atoms with Gasteiger partial charge in [0.05, 0.1) is 5.69 Å². The smallest absolute Gasteiger partial charge is 0.127 e. The topological polar surface area (TPSA) is 29.9 Å². The summed E-state index contributed by atoms with van der Waals surface area (Å²) < 4.78 is 15.2. The summed E-state index contributed by atoms with van der Waals surface area (Å²) in [6.45, 7) is 3.06. The Morgan fingerprint density at radius 1 is 1.33 bits per heavy atom. The van der Waals surface area contributed by atoms with E-state index in [1.165, 1.54) is 6.07 Å². The lowest BCUT2D eigenvalue weighted by Crippen LogP contribution is -2.14. The van der Waals surface area contributed by atoms with Crippen LogP contribution in [0.1, 0.15) is 16.8 Å². The summed E-state index contributed by atoms with van der Waals surface area (Å²) in [5.41, 5.74) is 2.67. The minimum absolute atomic E-state index is 0.241. The van der Waals surface area contributed by atoms with Crippen LogP contribution in [0.25, 0.3) is 0 Å². The Kier molecular flexibility index (Phi) is 3.99. The maximum Gasteiger partial charge on any atom is 0.127 e. The van der Waals surface area contributed by atoms with E-state index in [-0.39, 0.29) is 5.82 Å². The zero-order valence-electron chi connectivity index (χ0n) is 10.4. The molecule has 0 fully saturated rings. The summed E-state index contributed by atoms with van der Waals surface area (Å²) in [7, 11) is 1.88. The molecule has 18 heavy (non-hydrogen) atoms. The molecule has 0 aliphatic heterocycles. The quantitative estimate of drug-likeness (QED) is 0.923. The van der Waals surface area contributed by atoms with Crippen LogP contribution in [0.5, 0.6) is 0 Å². The van der Waals surface area contributed by atoms with Crippen molar-refractivity contribution in [2.45, 2.75) is 20.0 Å². The summed E-state index contributed by atoms with van der Waals surface area (Å²) in [4.78, 5) is 0. The van der Waals surface area contributed by atoms with Gasteiger partial charge in [-0.25, -0.2) is 4.39 Å². The number of hydrogen-bond acceptors (Lipinski definition) is 2. The van der Waals surface area contributed by atoms with Crippen LogP contribution in [-0.2, 0) is 20.1 Å². The van der Waals surface area contributed by atoms with Crippen LogP contribution in [0.15, 0.2) is 24.4 Å². The molecule has 1 N–H and O–H groups in total. The lowest BCUT2D eigenvalue weighted by molar-refractivity contribution is 0.587. The Morgan fingerprint density at radius 2 is 2.06 bits per heavy atom. The van der Waals surface area contributed by atoms with E-state index < -0.39 is 0 Å². The molecule has 0 atom stereocenters. The summed E-state index contributed by atoms with van der Waals surface area (Å²) >= 11 is 5.83. The van der Waals surface area contributed by atoms with Crippen molar-refractivity contribution in [1.82, 2.24) is 15.1 Å². The van der Waals surface area contributed by atoms with Crippen molar-refractivity contribution >= 4 is 11.6 Å². The maximum atomic E-state index is 13.5. The van der Waals surface area contributed by atoms with Gasteiger partial charge in [0.1, 0.15) is 5.82 Å². The number of hydrogen-bond donors (Lipinski definition) is 1. The van der Waals surface area contributed by atoms with E-state index in [1.54, 1.807) is 16.8 Å². The van der Waals surface area contributed by atoms with Crippen LogP contribution in [0.4, 0.5) is 4.39 Å². The third-order valence-corrected chi connectivity index (χ3v) is 2.99. The Hall–Kier alpha value is -1.39. The van der Waals surface area contributed by atoms with Crippen LogP contribution in [0, 0.1) is 12.7 Å². The molecule has 0 spiro atoms. The number of nitrogens with one attached hydrogen (secondary N) is 1. The first-order valence-corrected chi connectivity index (χ1v) is 6.08. The Bertz CT molecular complexity index is 551. The minimum atomic E-state index is -0.241. The van der Waals surface area contributed by atoms with Gasteiger partial charge in [-0.2, -0.15) is 5.10 Å². The molecule has 0 aliphatic carbocycles. The zero-order valence-corrected chi connectivity index (χ0v) is 11.1. The monoisotopic (exact) mass is 267 g/mol. The van der Waals surface area contributed by atoms with E-state index in [1.807, 2.05) is 20.2 Å². The first-order chi connectivity index (χ1) is 8.56. The van der Waals surface area contributed by atoms with Gasteiger partial charge in [-0.15, -0.1) is 0 Å². The third-order valence-electron chi connectivity index (χ3n) is 2.75. The molecule has 96 valence electrons. The summed E-state index contributed by atoms with van der Waals surface area (Å²) in [5, 5.41) is 7.99. The van der Waals surface area contributed by atoms with Gasteiger partial charge in [0.25, 0.3) is 0 Å². The van der Waals surface area contributed by atoms with Crippen LogP contribution in [0.2, 0.25) is 5.02 Å². The van der Waals surface area contributed by atoms with E-state index in [0.29, 0.717) is 23.7 Å². The van der Waals surface area contributed by atoms with Gasteiger partial charge in [-0.3, -0.25) is 4.68 Å². The Morgan fingerprint density at radius 3 is 2.72 bits per heavy atom. The molecule has 1 aromatic heterocycles. The number of benzene rings is 1. The van der Waals surface area contributed by atoms with Gasteiger partial charge >= 0.3 is 0 Å². The van der Waals surface area contributed by atoms with Crippen molar-refractivity contribution in [2.75, 3.05) is 0 Å². The van der Waals surface area contributed by atoms with Crippen LogP contribution < -0.4 is 5.32 Å². The van der Waals surface area contributed by atoms with Gasteiger partial charge in [-0.1, -0.05) is 11.6 Å². The van der Waals surface area contributed by atoms with Gasteiger partial charge in [-0.05, 0) is 25.1 Å². The lowest BCUT2D eigenvalue weighted by atomic mass is 10.2. The second kappa shape index (κ2) is 5.50. The number of rotatable bonds is 4. The predicted molar refractivity (Wildman–Crippen MR) is 69.9 cm³/mol. The van der Waals surface area contributed by atoms with Crippen molar-refractivity contribution in [1.29, 1.82) is 0 Å². The lowest BCUT2D eigenvalue weighted by Gasteiger charge is -2.06. The molecule has 0 amide bonds. The van der Waals surface area contributed by atoms with E-state index in [0.717, 1.165) is 11.3 Å². The fourth-order valence-corrected chi connectivity index (χ4v) is 2.03. The van der Waals surface area contributed by atoms with Crippen molar-refractivity contribution in [3.63, 3.8) is 0 Å². The van der Waals surface area contributed by atoms with E-state index in [9.17, 15) is 4.39 Å². The van der Waals surface area contributed by atoms with Crippen molar-refractivity contribution < 1.29 is 4.39 Å². The number of nitrogens with zero attached hydrogens (tertiary/aromatic N) is 2. The largest absolute Gasteiger partial charge is 0.308 e. The molecule has 1 aromatic carbocycles. The predicted octanol–water partition coefficient (Wildman–Crippen LogP) is 2.81. The van der Waals surface area contributed by atoms with Gasteiger partial charge in [0.15, 0.2) is 0 Å². The Labute approximate surface area is 111 Å². The highest BCUT2D eigenvalue weighted by molar-refractivity contribution is 6.30. The number of aryl methyl sites for hydroxylation is 2. The van der Waals surface area contributed by atoms with Crippen LogP contribution >= 0.6 is 11.6 Å². The standard InChI is InChI=1S/C13H15ClFN3/c1-9-11(8-18(2)17-9)7-16-6-10-5-12(14)3-4-13(10)15/h3-5,8,16H,6-7H2,1-2H3. The third kappa shape index (κ3) is 3.09. The first-order valence-electron chi connectivity index (χ1n) is 5.70. The molecule has 1 heterocycles. The number of halogens is 2. The molecule has 5 heteroatoms. The molecule has 0 bridgehead atoms. The van der Waals surface area contributed by atoms with Gasteiger partial charge < -0.3 is 5.32 Å². The maximum absolute atomic E-state index is 13.5. The molecular formula is C13H15ClFN3. The fourth-order valence-electron chi connectivity index (χ4n) is 1.83. The van der Waals surface area contributed by atoms with Crippen molar-refractivity contribution in [3.05, 3.63) is 52.1 Å². The molecule has 0 saturated heterocycles. The normalized spacial score (nSPS) is 10.9. The molecule has 0 aliphatic rings. The summed E-state index contributed by atoms with van der Waals surface area (Å²) in [6, 6.07) is 4.57. The van der Waals surface area contributed by atoms with Gasteiger partial charge in [0.2, 0.25) is 0 Å². The summed E-state index contributed by atoms with van der Waals surface area (Å²) in [5.74, 6) is -0.241. The molecule has 0 radical (unpaired) electrons. The second-order valence-corrected chi connectivity index (χ2v) is 4.69. The SMILES string of the molecule is Cc1nn(C)cc1CNCc1cc(Cl)ccc1F. The van der Waals surface area contributed by atoms with E-state index >= 15 is 0 Å². The molecule has 0 saturated carbocycles. The fraction of sp³-hybridized carbons (Fsp3) is 0.308. The highest BCUT2D eigenvalue weighted by Crippen LogP contribution is 2.15. The van der Waals surface area contributed by atoms with E-state index in [4.69, 9.17) is 11.6 Å². The average molecular weight is 268 g/mol. The Balaban J connectivity index is 1.96. The molecule has 0 unspecified atom stereocenters. The highest BCUT2D eigenvalue weighted by atomic mass is 35.5. The first kappa shape index (κ1) is 13.1.